The summed E-state index contributed by atoms with van der Waals surface area (Å²) in [5, 5.41) is 3.14. The van der Waals surface area contributed by atoms with Gasteiger partial charge in [-0.3, -0.25) is 0 Å². The normalized spacial score (nSPS) is 10.9. The van der Waals surface area contributed by atoms with Crippen molar-refractivity contribution in [2.45, 2.75) is 32.9 Å². The van der Waals surface area contributed by atoms with Crippen LogP contribution in [0.2, 0.25) is 0 Å². The molecule has 19 heavy (non-hydrogen) atoms. The number of unbranched alkanes of at least 4 members (excludes halogenated alkanes) is 1. The fourth-order valence-corrected chi connectivity index (χ4v) is 2.21. The molecule has 1 aromatic carbocycles. The van der Waals surface area contributed by atoms with Crippen molar-refractivity contribution in [3.05, 3.63) is 33.8 Å². The molecule has 0 heterocycles. The first-order valence-corrected chi connectivity index (χ1v) is 7.64. The summed E-state index contributed by atoms with van der Waals surface area (Å²) in [5.41, 5.74) is 2.44. The lowest BCUT2D eigenvalue weighted by Gasteiger charge is -2.09. The molecule has 4 heteroatoms. The third-order valence-corrected chi connectivity index (χ3v) is 3.51. The summed E-state index contributed by atoms with van der Waals surface area (Å²) in [5.74, 6) is 0. The van der Waals surface area contributed by atoms with Gasteiger partial charge in [-0.25, -0.2) is 0 Å². The van der Waals surface area contributed by atoms with Crippen LogP contribution in [-0.4, -0.2) is 26.9 Å². The van der Waals surface area contributed by atoms with E-state index in [1.165, 1.54) is 17.5 Å². The van der Waals surface area contributed by atoms with Gasteiger partial charge in [-0.2, -0.15) is 0 Å². The summed E-state index contributed by atoms with van der Waals surface area (Å²) in [6, 6.07) is 6.36. The first-order valence-electron chi connectivity index (χ1n) is 6.85. The fraction of sp³-hybridized carbons (Fsp3) is 0.600. The number of hydrogen-bond donors (Lipinski definition) is 1. The third-order valence-electron chi connectivity index (χ3n) is 2.77. The van der Waals surface area contributed by atoms with Crippen LogP contribution in [0.4, 0.5) is 0 Å². The Hall–Kier alpha value is -0.420. The topological polar surface area (TPSA) is 30.5 Å². The van der Waals surface area contributed by atoms with Gasteiger partial charge in [-0.05, 0) is 30.7 Å². The Labute approximate surface area is 124 Å². The predicted octanol–water partition coefficient (Wildman–Crippen LogP) is 3.50. The highest BCUT2D eigenvalue weighted by Crippen LogP contribution is 2.19. The molecule has 0 aliphatic rings. The molecule has 108 valence electrons. The maximum atomic E-state index is 5.61. The van der Waals surface area contributed by atoms with Gasteiger partial charge in [0.25, 0.3) is 0 Å². The molecule has 0 saturated carbocycles. The van der Waals surface area contributed by atoms with Crippen LogP contribution >= 0.6 is 15.9 Å². The van der Waals surface area contributed by atoms with E-state index in [1.807, 2.05) is 7.05 Å². The zero-order chi connectivity index (χ0) is 13.9. The van der Waals surface area contributed by atoms with Crippen molar-refractivity contribution in [3.63, 3.8) is 0 Å². The van der Waals surface area contributed by atoms with Crippen LogP contribution in [0.1, 0.15) is 30.9 Å². The lowest BCUT2D eigenvalue weighted by Crippen LogP contribution is -2.07. The van der Waals surface area contributed by atoms with Crippen molar-refractivity contribution in [3.8, 4) is 0 Å². The number of rotatable bonds is 10. The van der Waals surface area contributed by atoms with Crippen LogP contribution in [0, 0.1) is 0 Å². The molecule has 0 amide bonds. The number of ether oxygens (including phenoxy) is 2. The minimum atomic E-state index is 0.623. The lowest BCUT2D eigenvalue weighted by atomic mass is 10.1. The molecular formula is C15H24BrNO2. The minimum absolute atomic E-state index is 0.623. The number of hydrogen-bond acceptors (Lipinski definition) is 3. The van der Waals surface area contributed by atoms with Gasteiger partial charge in [0.05, 0.1) is 19.8 Å². The maximum absolute atomic E-state index is 5.61. The van der Waals surface area contributed by atoms with E-state index in [9.17, 15) is 0 Å². The zero-order valence-electron chi connectivity index (χ0n) is 11.9. The van der Waals surface area contributed by atoms with Gasteiger partial charge in [0, 0.05) is 17.6 Å². The van der Waals surface area contributed by atoms with Crippen molar-refractivity contribution in [2.75, 3.05) is 26.9 Å². The third kappa shape index (κ3) is 7.06. The molecule has 0 atom stereocenters. The molecule has 1 rings (SSSR count). The summed E-state index contributed by atoms with van der Waals surface area (Å²) < 4.78 is 12.2. The Kier molecular flexibility index (Phi) is 9.08. The van der Waals surface area contributed by atoms with E-state index in [-0.39, 0.29) is 0 Å². The smallest absolute Gasteiger partial charge is 0.0728 e. The van der Waals surface area contributed by atoms with Gasteiger partial charge in [0.15, 0.2) is 0 Å². The highest BCUT2D eigenvalue weighted by Gasteiger charge is 2.01. The zero-order valence-corrected chi connectivity index (χ0v) is 13.5. The highest BCUT2D eigenvalue weighted by atomic mass is 79.9. The minimum Gasteiger partial charge on any atom is -0.379 e. The Bertz CT molecular complexity index is 358. The first kappa shape index (κ1) is 16.6. The van der Waals surface area contributed by atoms with Crippen LogP contribution < -0.4 is 5.32 Å². The Morgan fingerprint density at radius 2 is 1.95 bits per heavy atom. The Morgan fingerprint density at radius 3 is 2.63 bits per heavy atom. The molecular weight excluding hydrogens is 306 g/mol. The second-order valence-electron chi connectivity index (χ2n) is 4.47. The van der Waals surface area contributed by atoms with Gasteiger partial charge in [0.2, 0.25) is 0 Å². The Balaban J connectivity index is 2.22. The van der Waals surface area contributed by atoms with E-state index < -0.39 is 0 Å². The molecule has 1 N–H and O–H groups in total. The van der Waals surface area contributed by atoms with E-state index >= 15 is 0 Å². The van der Waals surface area contributed by atoms with Crippen molar-refractivity contribution in [2.24, 2.45) is 0 Å². The van der Waals surface area contributed by atoms with Crippen LogP contribution in [0.3, 0.4) is 0 Å². The van der Waals surface area contributed by atoms with Crippen molar-refractivity contribution >= 4 is 15.9 Å². The molecule has 0 unspecified atom stereocenters. The SMILES string of the molecule is CCCCOCCOCc1ccc(CNC)cc1Br. The maximum Gasteiger partial charge on any atom is 0.0728 e. The molecule has 0 fully saturated rings. The average Bonchev–Trinajstić information content (AvgIpc) is 2.40. The Morgan fingerprint density at radius 1 is 1.16 bits per heavy atom. The highest BCUT2D eigenvalue weighted by molar-refractivity contribution is 9.10. The summed E-state index contributed by atoms with van der Waals surface area (Å²) in [6.45, 7) is 5.82. The first-order chi connectivity index (χ1) is 9.27. The molecule has 0 aliphatic heterocycles. The number of halogens is 1. The average molecular weight is 330 g/mol. The summed E-state index contributed by atoms with van der Waals surface area (Å²) in [6.07, 6.45) is 2.30. The fourth-order valence-electron chi connectivity index (χ4n) is 1.67. The molecule has 3 nitrogen and oxygen atoms in total. The van der Waals surface area contributed by atoms with Gasteiger partial charge in [-0.1, -0.05) is 41.4 Å². The van der Waals surface area contributed by atoms with Gasteiger partial charge < -0.3 is 14.8 Å². The van der Waals surface area contributed by atoms with Gasteiger partial charge >= 0.3 is 0 Å². The van der Waals surface area contributed by atoms with Gasteiger partial charge in [-0.15, -0.1) is 0 Å². The standard InChI is InChI=1S/C15H24BrNO2/c1-3-4-7-18-8-9-19-12-14-6-5-13(11-17-2)10-15(14)16/h5-6,10,17H,3-4,7-9,11-12H2,1-2H3. The molecule has 0 saturated heterocycles. The largest absolute Gasteiger partial charge is 0.379 e. The monoisotopic (exact) mass is 329 g/mol. The van der Waals surface area contributed by atoms with E-state index in [2.05, 4.69) is 46.4 Å². The number of benzene rings is 1. The molecule has 0 aliphatic carbocycles. The van der Waals surface area contributed by atoms with E-state index in [1.54, 1.807) is 0 Å². The second-order valence-corrected chi connectivity index (χ2v) is 5.33. The summed E-state index contributed by atoms with van der Waals surface area (Å²) in [7, 11) is 1.95. The van der Waals surface area contributed by atoms with Gasteiger partial charge in [0.1, 0.15) is 0 Å². The summed E-state index contributed by atoms with van der Waals surface area (Å²) >= 11 is 3.58. The quantitative estimate of drug-likeness (QED) is 0.666. The van der Waals surface area contributed by atoms with Crippen LogP contribution in [0.25, 0.3) is 0 Å². The molecule has 1 aromatic rings. The molecule has 0 aromatic heterocycles. The molecule has 0 bridgehead atoms. The predicted molar refractivity (Wildman–Crippen MR) is 82.3 cm³/mol. The van der Waals surface area contributed by atoms with Crippen molar-refractivity contribution in [1.82, 2.24) is 5.32 Å². The van der Waals surface area contributed by atoms with E-state index in [0.29, 0.717) is 19.8 Å². The van der Waals surface area contributed by atoms with Crippen LogP contribution in [0.15, 0.2) is 22.7 Å². The van der Waals surface area contributed by atoms with Crippen molar-refractivity contribution < 1.29 is 9.47 Å². The van der Waals surface area contributed by atoms with E-state index in [0.717, 1.165) is 24.0 Å². The summed E-state index contributed by atoms with van der Waals surface area (Å²) in [4.78, 5) is 0. The lowest BCUT2D eigenvalue weighted by molar-refractivity contribution is 0.0395. The molecule has 0 radical (unpaired) electrons. The van der Waals surface area contributed by atoms with E-state index in [4.69, 9.17) is 9.47 Å². The van der Waals surface area contributed by atoms with Crippen LogP contribution in [-0.2, 0) is 22.6 Å². The van der Waals surface area contributed by atoms with Crippen molar-refractivity contribution in [1.29, 1.82) is 0 Å². The second kappa shape index (κ2) is 10.4. The number of nitrogens with one attached hydrogen (secondary N) is 1. The van der Waals surface area contributed by atoms with Crippen LogP contribution in [0.5, 0.6) is 0 Å². The molecule has 0 spiro atoms.